The van der Waals surface area contributed by atoms with Crippen molar-refractivity contribution in [3.63, 3.8) is 0 Å². The van der Waals surface area contributed by atoms with Crippen molar-refractivity contribution in [3.05, 3.63) is 58.7 Å². The SMILES string of the molecule is CCN(CC)C(=O)C(C)(C)c1ccc2[nH]c(-c3cc(C)cc(C)c3)c(CCCN=C(NC#N)N3CCN(CCN)CC3)c2c1. The van der Waals surface area contributed by atoms with E-state index in [-0.39, 0.29) is 5.91 Å². The Morgan fingerprint density at radius 2 is 1.77 bits per heavy atom. The van der Waals surface area contributed by atoms with Crippen molar-refractivity contribution < 1.29 is 4.79 Å². The molecule has 1 saturated heterocycles. The molecule has 0 saturated carbocycles. The molecule has 1 aliphatic heterocycles. The summed E-state index contributed by atoms with van der Waals surface area (Å²) in [7, 11) is 0. The summed E-state index contributed by atoms with van der Waals surface area (Å²) in [4.78, 5) is 28.5. The first-order valence-electron chi connectivity index (χ1n) is 16.0. The molecule has 4 N–H and O–H groups in total. The summed E-state index contributed by atoms with van der Waals surface area (Å²) in [5.41, 5.74) is 13.1. The van der Waals surface area contributed by atoms with Crippen LogP contribution < -0.4 is 11.1 Å². The van der Waals surface area contributed by atoms with Gasteiger partial charge in [-0.1, -0.05) is 23.3 Å². The lowest BCUT2D eigenvalue weighted by molar-refractivity contribution is -0.135. The van der Waals surface area contributed by atoms with Gasteiger partial charge in [0.15, 0.2) is 6.19 Å². The Hall–Kier alpha value is -3.87. The van der Waals surface area contributed by atoms with E-state index < -0.39 is 5.41 Å². The smallest absolute Gasteiger partial charge is 0.232 e. The number of aromatic nitrogens is 1. The topological polar surface area (TPSA) is 117 Å². The van der Waals surface area contributed by atoms with E-state index in [2.05, 4.69) is 76.5 Å². The van der Waals surface area contributed by atoms with Crippen molar-refractivity contribution in [1.82, 2.24) is 25.0 Å². The number of nitrogens with zero attached hydrogens (tertiary/aromatic N) is 5. The lowest BCUT2D eigenvalue weighted by Gasteiger charge is -2.35. The van der Waals surface area contributed by atoms with Crippen LogP contribution in [0.1, 0.15) is 56.4 Å². The van der Waals surface area contributed by atoms with Crippen LogP contribution in [0.25, 0.3) is 22.2 Å². The van der Waals surface area contributed by atoms with Crippen molar-refractivity contribution in [2.24, 2.45) is 10.7 Å². The molecular formula is C35H50N8O. The quantitative estimate of drug-likeness (QED) is 0.0982. The molecule has 1 aromatic heterocycles. The predicted molar refractivity (Wildman–Crippen MR) is 181 cm³/mol. The number of carbonyl (C=O) groups is 1. The van der Waals surface area contributed by atoms with Gasteiger partial charge >= 0.3 is 0 Å². The average Bonchev–Trinajstić information content (AvgIpc) is 3.37. The summed E-state index contributed by atoms with van der Waals surface area (Å²) in [6.07, 6.45) is 3.70. The van der Waals surface area contributed by atoms with E-state index in [4.69, 9.17) is 10.7 Å². The molecule has 4 rings (SSSR count). The molecule has 0 unspecified atom stereocenters. The fourth-order valence-corrected chi connectivity index (χ4v) is 6.37. The number of benzene rings is 2. The normalized spacial score (nSPS) is 14.6. The van der Waals surface area contributed by atoms with Crippen LogP contribution >= 0.6 is 0 Å². The number of H-pyrrole nitrogens is 1. The van der Waals surface area contributed by atoms with Crippen LogP contribution in [0.15, 0.2) is 41.4 Å². The molecule has 0 aliphatic carbocycles. The number of guanidine groups is 1. The van der Waals surface area contributed by atoms with Gasteiger partial charge in [0.1, 0.15) is 0 Å². The van der Waals surface area contributed by atoms with Crippen molar-refractivity contribution >= 4 is 22.8 Å². The third kappa shape index (κ3) is 7.43. The number of fused-ring (bicyclic) bond motifs is 1. The molecule has 0 radical (unpaired) electrons. The standard InChI is InChI=1S/C35H50N8O/c1-7-42(8-2)33(44)35(5,6)28-11-12-31-30(23-28)29(32(40-31)27-21-25(3)20-26(4)22-27)10-9-14-38-34(39-24-37)43-18-16-41(15-13-36)17-19-43/h11-12,20-23,40H,7-10,13-19,36H2,1-6H3,(H,38,39). The summed E-state index contributed by atoms with van der Waals surface area (Å²) in [6.45, 7) is 19.4. The van der Waals surface area contributed by atoms with Crippen LogP contribution in [0.2, 0.25) is 0 Å². The largest absolute Gasteiger partial charge is 0.354 e. The number of nitrogens with two attached hydrogens (primary N) is 1. The minimum absolute atomic E-state index is 0.143. The number of carbonyl (C=O) groups excluding carboxylic acids is 1. The Balaban J connectivity index is 1.65. The summed E-state index contributed by atoms with van der Waals surface area (Å²) < 4.78 is 0. The summed E-state index contributed by atoms with van der Waals surface area (Å²) in [5.74, 6) is 0.788. The fourth-order valence-electron chi connectivity index (χ4n) is 6.37. The number of aliphatic imine (C=N–C) groups is 1. The van der Waals surface area contributed by atoms with Crippen molar-refractivity contribution in [1.29, 1.82) is 5.26 Å². The van der Waals surface area contributed by atoms with Crippen molar-refractivity contribution in [3.8, 4) is 17.5 Å². The highest BCUT2D eigenvalue weighted by atomic mass is 16.2. The van der Waals surface area contributed by atoms with E-state index in [1.54, 1.807) is 0 Å². The van der Waals surface area contributed by atoms with Crippen molar-refractivity contribution in [2.45, 2.75) is 59.8 Å². The van der Waals surface area contributed by atoms with E-state index in [0.29, 0.717) is 32.1 Å². The highest BCUT2D eigenvalue weighted by Gasteiger charge is 2.33. The molecule has 0 bridgehead atoms. The molecule has 44 heavy (non-hydrogen) atoms. The average molecular weight is 599 g/mol. The number of likely N-dealkylation sites (N-methyl/N-ethyl adjacent to an activating group) is 1. The third-order valence-corrected chi connectivity index (χ3v) is 8.85. The molecule has 1 aliphatic rings. The minimum Gasteiger partial charge on any atom is -0.354 e. The Morgan fingerprint density at radius 1 is 1.09 bits per heavy atom. The van der Waals surface area contributed by atoms with Gasteiger partial charge in [-0.05, 0) is 95.3 Å². The maximum Gasteiger partial charge on any atom is 0.232 e. The minimum atomic E-state index is -0.648. The van der Waals surface area contributed by atoms with Crippen LogP contribution in [0, 0.1) is 25.3 Å². The number of piperazine rings is 1. The molecule has 3 aromatic rings. The second-order valence-electron chi connectivity index (χ2n) is 12.4. The molecule has 1 amide bonds. The highest BCUT2D eigenvalue weighted by molar-refractivity contribution is 5.94. The van der Waals surface area contributed by atoms with E-state index in [1.165, 1.54) is 22.3 Å². The first-order chi connectivity index (χ1) is 21.1. The van der Waals surface area contributed by atoms with Gasteiger partial charge in [0.25, 0.3) is 0 Å². The molecule has 9 nitrogen and oxygen atoms in total. The van der Waals surface area contributed by atoms with Gasteiger partial charge in [0.05, 0.1) is 5.41 Å². The first kappa shape index (κ1) is 33.0. The van der Waals surface area contributed by atoms with E-state index in [1.807, 2.05) is 32.6 Å². The Bertz CT molecular complexity index is 1480. The van der Waals surface area contributed by atoms with Gasteiger partial charge in [0.2, 0.25) is 11.9 Å². The zero-order valence-electron chi connectivity index (χ0n) is 27.5. The van der Waals surface area contributed by atoms with Crippen LogP contribution in [0.5, 0.6) is 0 Å². The molecule has 1 fully saturated rings. The lowest BCUT2D eigenvalue weighted by atomic mass is 9.82. The first-order valence-corrected chi connectivity index (χ1v) is 16.0. The Kier molecular flexibility index (Phi) is 11.1. The van der Waals surface area contributed by atoms with Crippen LogP contribution in [-0.4, -0.2) is 90.5 Å². The van der Waals surface area contributed by atoms with Crippen LogP contribution in [0.3, 0.4) is 0 Å². The van der Waals surface area contributed by atoms with Crippen LogP contribution in [-0.2, 0) is 16.6 Å². The molecule has 0 atom stereocenters. The second-order valence-corrected chi connectivity index (χ2v) is 12.4. The Labute approximate surface area is 263 Å². The molecule has 2 heterocycles. The number of nitrogens with one attached hydrogen (secondary N) is 2. The molecule has 9 heteroatoms. The zero-order valence-corrected chi connectivity index (χ0v) is 27.5. The summed E-state index contributed by atoms with van der Waals surface area (Å²) in [6, 6.07) is 13.1. The number of aryl methyl sites for hydroxylation is 3. The van der Waals surface area contributed by atoms with Gasteiger partial charge < -0.3 is 20.5 Å². The van der Waals surface area contributed by atoms with Gasteiger partial charge in [-0.15, -0.1) is 0 Å². The fraction of sp³-hybridized carbons (Fsp3) is 0.514. The number of nitriles is 1. The van der Waals surface area contributed by atoms with Crippen LogP contribution in [0.4, 0.5) is 0 Å². The van der Waals surface area contributed by atoms with E-state index >= 15 is 0 Å². The monoisotopic (exact) mass is 598 g/mol. The highest BCUT2D eigenvalue weighted by Crippen LogP contribution is 2.36. The van der Waals surface area contributed by atoms with E-state index in [9.17, 15) is 10.1 Å². The molecular weight excluding hydrogens is 548 g/mol. The van der Waals surface area contributed by atoms with Gasteiger partial charge in [-0.25, -0.2) is 0 Å². The number of aromatic amines is 1. The lowest BCUT2D eigenvalue weighted by Crippen LogP contribution is -2.52. The predicted octanol–water partition coefficient (Wildman–Crippen LogP) is 4.53. The maximum absolute atomic E-state index is 13.5. The maximum atomic E-state index is 13.5. The molecule has 0 spiro atoms. The van der Waals surface area contributed by atoms with E-state index in [0.717, 1.165) is 67.7 Å². The van der Waals surface area contributed by atoms with Gasteiger partial charge in [0, 0.05) is 75.5 Å². The second kappa shape index (κ2) is 14.7. The summed E-state index contributed by atoms with van der Waals surface area (Å²) in [5, 5.41) is 13.4. The van der Waals surface area contributed by atoms with Gasteiger partial charge in [-0.3, -0.25) is 20.0 Å². The number of hydrogen-bond acceptors (Lipinski definition) is 5. The number of amides is 1. The third-order valence-electron chi connectivity index (χ3n) is 8.85. The Morgan fingerprint density at radius 3 is 2.39 bits per heavy atom. The summed E-state index contributed by atoms with van der Waals surface area (Å²) >= 11 is 0. The van der Waals surface area contributed by atoms with Gasteiger partial charge in [-0.2, -0.15) is 5.26 Å². The zero-order chi connectivity index (χ0) is 31.9. The number of hydrogen-bond donors (Lipinski definition) is 3. The van der Waals surface area contributed by atoms with Crippen molar-refractivity contribution in [2.75, 3.05) is 58.9 Å². The molecule has 236 valence electrons. The molecule has 2 aromatic carbocycles. The number of rotatable bonds is 11.